The summed E-state index contributed by atoms with van der Waals surface area (Å²) in [5.41, 5.74) is 2.34. The molecule has 0 fully saturated rings. The molecule has 0 spiro atoms. The molecule has 6 nitrogen and oxygen atoms in total. The Hall–Kier alpha value is -2.76. The molecule has 19 heavy (non-hydrogen) atoms. The van der Waals surface area contributed by atoms with E-state index in [1.54, 1.807) is 18.2 Å². The van der Waals surface area contributed by atoms with Crippen LogP contribution in [0.25, 0.3) is 5.57 Å². The van der Waals surface area contributed by atoms with Crippen molar-refractivity contribution in [3.05, 3.63) is 48.2 Å². The number of nitrogens with zero attached hydrogens (tertiary/aromatic N) is 2. The van der Waals surface area contributed by atoms with Crippen molar-refractivity contribution in [2.45, 2.75) is 6.92 Å². The van der Waals surface area contributed by atoms with Crippen LogP contribution in [0.1, 0.15) is 11.1 Å². The Labute approximate surface area is 109 Å². The highest BCUT2D eigenvalue weighted by atomic mass is 17.2. The highest BCUT2D eigenvalue weighted by Gasteiger charge is 2.19. The van der Waals surface area contributed by atoms with Gasteiger partial charge in [-0.15, -0.1) is 0 Å². The number of benzene rings is 1. The van der Waals surface area contributed by atoms with E-state index in [1.165, 1.54) is 6.20 Å². The molecule has 2 aliphatic heterocycles. The van der Waals surface area contributed by atoms with E-state index in [0.29, 0.717) is 11.3 Å². The predicted octanol–water partition coefficient (Wildman–Crippen LogP) is 2.62. The molecule has 96 valence electrons. The fourth-order valence-corrected chi connectivity index (χ4v) is 1.56. The summed E-state index contributed by atoms with van der Waals surface area (Å²) >= 11 is 0. The number of rotatable bonds is 2. The topological polar surface area (TPSA) is 77.3 Å². The molecule has 0 aliphatic carbocycles. The molecule has 1 aromatic carbocycles. The van der Waals surface area contributed by atoms with Crippen molar-refractivity contribution >= 4 is 23.2 Å². The standard InChI is InChI=1S/C13H10N2O4/c1-3-12(16)18-19-13(17)11-7-14-15-9-4-5-10(11)8(2)6-9/h3-7H,1H2,2H3/b11-7+,11-10?,14-7?,15-9?,15-14?. The molecule has 2 bridgehead atoms. The van der Waals surface area contributed by atoms with Gasteiger partial charge in [-0.25, -0.2) is 19.4 Å². The van der Waals surface area contributed by atoms with Gasteiger partial charge in [-0.05, 0) is 30.2 Å². The minimum atomic E-state index is -0.853. The van der Waals surface area contributed by atoms with E-state index in [4.69, 9.17) is 0 Å². The lowest BCUT2D eigenvalue weighted by Crippen LogP contribution is -2.12. The van der Waals surface area contributed by atoms with Crippen LogP contribution in [-0.2, 0) is 19.4 Å². The lowest BCUT2D eigenvalue weighted by atomic mass is 10.0. The summed E-state index contributed by atoms with van der Waals surface area (Å²) in [4.78, 5) is 31.3. The molecule has 0 N–H and O–H groups in total. The van der Waals surface area contributed by atoms with Crippen molar-refractivity contribution in [2.24, 2.45) is 10.2 Å². The zero-order valence-electron chi connectivity index (χ0n) is 10.1. The molecule has 1 aromatic rings. The van der Waals surface area contributed by atoms with Gasteiger partial charge in [0.05, 0.1) is 17.5 Å². The summed E-state index contributed by atoms with van der Waals surface area (Å²) in [5.74, 6) is -1.68. The van der Waals surface area contributed by atoms with Crippen LogP contribution in [0, 0.1) is 6.92 Å². The molecule has 2 aliphatic rings. The number of hydrogen-bond acceptors (Lipinski definition) is 6. The van der Waals surface area contributed by atoms with Gasteiger partial charge in [0.25, 0.3) is 0 Å². The van der Waals surface area contributed by atoms with Crippen molar-refractivity contribution in [3.63, 3.8) is 0 Å². The number of hydrogen-bond donors (Lipinski definition) is 0. The van der Waals surface area contributed by atoms with E-state index in [2.05, 4.69) is 26.6 Å². The fourth-order valence-electron chi connectivity index (χ4n) is 1.56. The highest BCUT2D eigenvalue weighted by molar-refractivity contribution is 6.16. The molecule has 0 amide bonds. The molecule has 2 heterocycles. The first-order valence-corrected chi connectivity index (χ1v) is 5.39. The van der Waals surface area contributed by atoms with Gasteiger partial charge >= 0.3 is 11.9 Å². The molecular weight excluding hydrogens is 248 g/mol. The SMILES string of the molecule is C=CC(=O)OOC(=O)/C1=C/N=Nc2ccc1c(C)c2. The first-order chi connectivity index (χ1) is 9.11. The van der Waals surface area contributed by atoms with E-state index in [1.807, 2.05) is 6.92 Å². The average Bonchev–Trinajstić information content (AvgIpc) is 2.37. The summed E-state index contributed by atoms with van der Waals surface area (Å²) in [5, 5.41) is 7.64. The summed E-state index contributed by atoms with van der Waals surface area (Å²) in [6, 6.07) is 5.24. The van der Waals surface area contributed by atoms with Crippen LogP contribution in [0.3, 0.4) is 0 Å². The van der Waals surface area contributed by atoms with Gasteiger partial charge in [0.2, 0.25) is 0 Å². The molecular formula is C13H10N2O4. The monoisotopic (exact) mass is 258 g/mol. The number of carbonyl (C=O) groups excluding carboxylic acids is 2. The molecule has 0 radical (unpaired) electrons. The normalized spacial score (nSPS) is 14.9. The van der Waals surface area contributed by atoms with E-state index < -0.39 is 11.9 Å². The molecule has 0 unspecified atom stereocenters. The maximum Gasteiger partial charge on any atom is 0.388 e. The van der Waals surface area contributed by atoms with Gasteiger partial charge in [0.15, 0.2) is 0 Å². The third-order valence-corrected chi connectivity index (χ3v) is 2.45. The number of fused-ring (bicyclic) bond motifs is 3. The lowest BCUT2D eigenvalue weighted by Gasteiger charge is -2.10. The van der Waals surface area contributed by atoms with Gasteiger partial charge in [0.1, 0.15) is 0 Å². The quantitative estimate of drug-likeness (QED) is 0.464. The maximum absolute atomic E-state index is 11.8. The first kappa shape index (κ1) is 12.7. The third-order valence-electron chi connectivity index (χ3n) is 2.45. The third kappa shape index (κ3) is 2.74. The number of aryl methyl sites for hydroxylation is 1. The Kier molecular flexibility index (Phi) is 3.51. The Morgan fingerprint density at radius 3 is 2.79 bits per heavy atom. The zero-order chi connectivity index (χ0) is 13.8. The van der Waals surface area contributed by atoms with Crippen molar-refractivity contribution in [2.75, 3.05) is 0 Å². The summed E-state index contributed by atoms with van der Waals surface area (Å²) in [7, 11) is 0. The summed E-state index contributed by atoms with van der Waals surface area (Å²) in [6.07, 6.45) is 2.15. The van der Waals surface area contributed by atoms with E-state index in [9.17, 15) is 9.59 Å². The van der Waals surface area contributed by atoms with Crippen molar-refractivity contribution < 1.29 is 19.4 Å². The van der Waals surface area contributed by atoms with Crippen molar-refractivity contribution in [1.82, 2.24) is 0 Å². The summed E-state index contributed by atoms with van der Waals surface area (Å²) in [6.45, 7) is 5.02. The largest absolute Gasteiger partial charge is 0.388 e. The molecule has 0 saturated carbocycles. The zero-order valence-corrected chi connectivity index (χ0v) is 10.1. The van der Waals surface area contributed by atoms with E-state index in [0.717, 1.165) is 11.6 Å². The van der Waals surface area contributed by atoms with Crippen molar-refractivity contribution in [1.29, 1.82) is 0 Å². The highest BCUT2D eigenvalue weighted by Crippen LogP contribution is 2.27. The van der Waals surface area contributed by atoms with E-state index >= 15 is 0 Å². The second kappa shape index (κ2) is 5.26. The van der Waals surface area contributed by atoms with Crippen LogP contribution in [0.5, 0.6) is 0 Å². The first-order valence-electron chi connectivity index (χ1n) is 5.39. The number of carbonyl (C=O) groups is 2. The molecule has 3 rings (SSSR count). The van der Waals surface area contributed by atoms with Crippen LogP contribution < -0.4 is 0 Å². The Morgan fingerprint density at radius 1 is 1.32 bits per heavy atom. The summed E-state index contributed by atoms with van der Waals surface area (Å²) < 4.78 is 0. The Morgan fingerprint density at radius 2 is 2.11 bits per heavy atom. The van der Waals surface area contributed by atoms with Gasteiger partial charge in [-0.3, -0.25) is 0 Å². The van der Waals surface area contributed by atoms with Gasteiger partial charge < -0.3 is 0 Å². The molecule has 0 saturated heterocycles. The van der Waals surface area contributed by atoms with Crippen molar-refractivity contribution in [3.8, 4) is 0 Å². The van der Waals surface area contributed by atoms with Gasteiger partial charge in [0, 0.05) is 6.08 Å². The van der Waals surface area contributed by atoms with Crippen LogP contribution in [0.15, 0.2) is 47.3 Å². The van der Waals surface area contributed by atoms with Crippen LogP contribution >= 0.6 is 0 Å². The van der Waals surface area contributed by atoms with Crippen LogP contribution in [0.4, 0.5) is 5.69 Å². The minimum Gasteiger partial charge on any atom is -0.242 e. The lowest BCUT2D eigenvalue weighted by molar-refractivity contribution is -0.249. The molecule has 0 aromatic heterocycles. The van der Waals surface area contributed by atoms with Gasteiger partial charge in [-0.2, -0.15) is 10.2 Å². The fraction of sp³-hybridized carbons (Fsp3) is 0.0769. The molecule has 0 atom stereocenters. The minimum absolute atomic E-state index is 0.157. The smallest absolute Gasteiger partial charge is 0.242 e. The Bertz CT molecular complexity index is 617. The van der Waals surface area contributed by atoms with Crippen LogP contribution in [-0.4, -0.2) is 11.9 Å². The van der Waals surface area contributed by atoms with Gasteiger partial charge in [-0.1, -0.05) is 12.6 Å². The average molecular weight is 258 g/mol. The van der Waals surface area contributed by atoms with E-state index in [-0.39, 0.29) is 5.57 Å². The maximum atomic E-state index is 11.8. The number of azo groups is 1. The van der Waals surface area contributed by atoms with Crippen LogP contribution in [0.2, 0.25) is 0 Å². The molecule has 6 heteroatoms. The predicted molar refractivity (Wildman–Crippen MR) is 66.1 cm³/mol. The second-order valence-electron chi connectivity index (χ2n) is 3.73. The Balaban J connectivity index is 2.24. The second-order valence-corrected chi connectivity index (χ2v) is 3.73.